The third-order valence-corrected chi connectivity index (χ3v) is 3.70. The van der Waals surface area contributed by atoms with Crippen molar-refractivity contribution in [3.63, 3.8) is 0 Å². The van der Waals surface area contributed by atoms with Gasteiger partial charge in [-0.05, 0) is 54.5 Å². The lowest BCUT2D eigenvalue weighted by atomic mass is 10.1. The zero-order chi connectivity index (χ0) is 16.1. The first-order chi connectivity index (χ1) is 10.5. The lowest BCUT2D eigenvalue weighted by molar-refractivity contribution is -0.136. The number of anilines is 2. The summed E-state index contributed by atoms with van der Waals surface area (Å²) in [6.45, 7) is 1.91. The highest BCUT2D eigenvalue weighted by Gasteiger charge is 2.05. The minimum atomic E-state index is -0.852. The largest absolute Gasteiger partial charge is 0.481 e. The van der Waals surface area contributed by atoms with E-state index in [2.05, 4.69) is 10.6 Å². The molecule has 0 aromatic heterocycles. The van der Waals surface area contributed by atoms with Gasteiger partial charge in [0.2, 0.25) is 0 Å². The van der Waals surface area contributed by atoms with Crippen LogP contribution in [0, 0.1) is 6.92 Å². The molecule has 0 heterocycles. The number of carbonyl (C=O) groups is 1. The molecule has 0 radical (unpaired) electrons. The fourth-order valence-corrected chi connectivity index (χ4v) is 2.31. The van der Waals surface area contributed by atoms with E-state index in [1.165, 1.54) is 0 Å². The molecule has 114 valence electrons. The van der Waals surface area contributed by atoms with Crippen LogP contribution in [-0.4, -0.2) is 16.2 Å². The van der Waals surface area contributed by atoms with Gasteiger partial charge in [-0.15, -0.1) is 0 Å². The fraction of sp³-hybridized carbons (Fsp3) is 0.125. The van der Waals surface area contributed by atoms with Gasteiger partial charge in [0.05, 0.1) is 6.42 Å². The van der Waals surface area contributed by atoms with Crippen molar-refractivity contribution in [2.45, 2.75) is 13.3 Å². The molecule has 0 atom stereocenters. The van der Waals surface area contributed by atoms with E-state index in [-0.39, 0.29) is 6.42 Å². The third kappa shape index (κ3) is 4.44. The topological polar surface area (TPSA) is 61.4 Å². The van der Waals surface area contributed by atoms with Crippen molar-refractivity contribution in [1.82, 2.24) is 0 Å². The van der Waals surface area contributed by atoms with Gasteiger partial charge in [-0.2, -0.15) is 0 Å². The Labute approximate surface area is 139 Å². The minimum absolute atomic E-state index is 0.00465. The van der Waals surface area contributed by atoms with Gasteiger partial charge in [0.15, 0.2) is 5.11 Å². The summed E-state index contributed by atoms with van der Waals surface area (Å²) in [4.78, 5) is 10.6. The average molecular weight is 335 g/mol. The molecule has 22 heavy (non-hydrogen) atoms. The van der Waals surface area contributed by atoms with Gasteiger partial charge in [0, 0.05) is 16.4 Å². The van der Waals surface area contributed by atoms with Gasteiger partial charge in [-0.25, -0.2) is 0 Å². The molecule has 0 saturated heterocycles. The monoisotopic (exact) mass is 334 g/mol. The van der Waals surface area contributed by atoms with Gasteiger partial charge >= 0.3 is 5.97 Å². The van der Waals surface area contributed by atoms with E-state index in [1.54, 1.807) is 24.3 Å². The Morgan fingerprint density at radius 3 is 2.50 bits per heavy atom. The maximum atomic E-state index is 10.6. The van der Waals surface area contributed by atoms with E-state index in [4.69, 9.17) is 28.9 Å². The maximum Gasteiger partial charge on any atom is 0.307 e. The fourth-order valence-electron chi connectivity index (χ4n) is 1.91. The number of hydrogen-bond donors (Lipinski definition) is 3. The van der Waals surface area contributed by atoms with Crippen molar-refractivity contribution in [2.75, 3.05) is 10.6 Å². The van der Waals surface area contributed by atoms with Crippen molar-refractivity contribution in [2.24, 2.45) is 0 Å². The van der Waals surface area contributed by atoms with Gasteiger partial charge in [-0.3, -0.25) is 4.79 Å². The minimum Gasteiger partial charge on any atom is -0.481 e. The summed E-state index contributed by atoms with van der Waals surface area (Å²) in [5, 5.41) is 16.0. The molecule has 2 aromatic rings. The summed E-state index contributed by atoms with van der Waals surface area (Å²) >= 11 is 11.3. The Balaban J connectivity index is 2.00. The van der Waals surface area contributed by atoms with Crippen LogP contribution in [0.3, 0.4) is 0 Å². The van der Waals surface area contributed by atoms with Crippen LogP contribution in [0.15, 0.2) is 42.5 Å². The zero-order valence-corrected chi connectivity index (χ0v) is 13.5. The number of hydrogen-bond acceptors (Lipinski definition) is 2. The number of aliphatic carboxylic acids is 1. The van der Waals surface area contributed by atoms with Crippen molar-refractivity contribution < 1.29 is 9.90 Å². The standard InChI is InChI=1S/C16H15ClN2O2S/c1-10-13(17)3-2-4-14(10)19-16(22)18-12-7-5-11(6-8-12)9-15(20)21/h2-8H,9H2,1H3,(H,20,21)(H2,18,19,22). The predicted octanol–water partition coefficient (Wildman–Crippen LogP) is 4.08. The molecule has 2 aromatic carbocycles. The van der Waals surface area contributed by atoms with Crippen LogP contribution in [0.4, 0.5) is 11.4 Å². The Morgan fingerprint density at radius 1 is 1.18 bits per heavy atom. The number of halogens is 1. The summed E-state index contributed by atoms with van der Waals surface area (Å²) in [6, 6.07) is 12.6. The maximum absolute atomic E-state index is 10.6. The highest BCUT2D eigenvalue weighted by molar-refractivity contribution is 7.80. The molecule has 4 nitrogen and oxygen atoms in total. The van der Waals surface area contributed by atoms with Crippen molar-refractivity contribution in [1.29, 1.82) is 0 Å². The number of nitrogens with one attached hydrogen (secondary N) is 2. The molecule has 0 aliphatic carbocycles. The first-order valence-corrected chi connectivity index (χ1v) is 7.38. The number of carboxylic acid groups (broad SMARTS) is 1. The SMILES string of the molecule is Cc1c(Cl)cccc1NC(=S)Nc1ccc(CC(=O)O)cc1. The van der Waals surface area contributed by atoms with E-state index in [0.717, 1.165) is 22.5 Å². The second-order valence-corrected chi connectivity index (χ2v) is 5.57. The molecule has 0 aliphatic rings. The van der Waals surface area contributed by atoms with Crippen LogP contribution in [0.5, 0.6) is 0 Å². The van der Waals surface area contributed by atoms with Crippen molar-refractivity contribution >= 4 is 46.3 Å². The summed E-state index contributed by atoms with van der Waals surface area (Å²) < 4.78 is 0. The molecular formula is C16H15ClN2O2S. The Morgan fingerprint density at radius 2 is 1.86 bits per heavy atom. The molecule has 0 fully saturated rings. The predicted molar refractivity (Wildman–Crippen MR) is 93.8 cm³/mol. The highest BCUT2D eigenvalue weighted by Crippen LogP contribution is 2.23. The van der Waals surface area contributed by atoms with Crippen LogP contribution in [0.1, 0.15) is 11.1 Å². The summed E-state index contributed by atoms with van der Waals surface area (Å²) in [5.74, 6) is -0.852. The van der Waals surface area contributed by atoms with E-state index in [1.807, 2.05) is 25.1 Å². The Kier molecular flexibility index (Phi) is 5.35. The molecule has 3 N–H and O–H groups in total. The molecule has 6 heteroatoms. The first-order valence-electron chi connectivity index (χ1n) is 6.59. The molecule has 0 saturated carbocycles. The normalized spacial score (nSPS) is 10.1. The van der Waals surface area contributed by atoms with Crippen LogP contribution < -0.4 is 10.6 Å². The molecule has 0 bridgehead atoms. The van der Waals surface area contributed by atoms with E-state index < -0.39 is 5.97 Å². The van der Waals surface area contributed by atoms with Gasteiger partial charge in [0.1, 0.15) is 0 Å². The van der Waals surface area contributed by atoms with Crippen LogP contribution in [-0.2, 0) is 11.2 Å². The number of benzene rings is 2. The van der Waals surface area contributed by atoms with Crippen LogP contribution in [0.2, 0.25) is 5.02 Å². The average Bonchev–Trinajstić information content (AvgIpc) is 2.45. The number of rotatable bonds is 4. The van der Waals surface area contributed by atoms with Crippen LogP contribution in [0.25, 0.3) is 0 Å². The smallest absolute Gasteiger partial charge is 0.307 e. The van der Waals surface area contributed by atoms with Gasteiger partial charge in [-0.1, -0.05) is 29.8 Å². The van der Waals surface area contributed by atoms with E-state index in [9.17, 15) is 4.79 Å². The molecule has 2 rings (SSSR count). The molecular weight excluding hydrogens is 320 g/mol. The van der Waals surface area contributed by atoms with Crippen LogP contribution >= 0.6 is 23.8 Å². The van der Waals surface area contributed by atoms with Crippen molar-refractivity contribution in [3.8, 4) is 0 Å². The highest BCUT2D eigenvalue weighted by atomic mass is 35.5. The van der Waals surface area contributed by atoms with Gasteiger partial charge in [0.25, 0.3) is 0 Å². The molecule has 0 unspecified atom stereocenters. The molecule has 0 spiro atoms. The number of carboxylic acids is 1. The quantitative estimate of drug-likeness (QED) is 0.735. The number of thiocarbonyl (C=S) groups is 1. The van der Waals surface area contributed by atoms with E-state index >= 15 is 0 Å². The summed E-state index contributed by atoms with van der Waals surface area (Å²) in [6.07, 6.45) is 0.00465. The first kappa shape index (κ1) is 16.3. The third-order valence-electron chi connectivity index (χ3n) is 3.08. The van der Waals surface area contributed by atoms with E-state index in [0.29, 0.717) is 10.1 Å². The zero-order valence-electron chi connectivity index (χ0n) is 11.9. The Bertz CT molecular complexity index is 702. The lowest BCUT2D eigenvalue weighted by Gasteiger charge is -2.13. The summed E-state index contributed by atoms with van der Waals surface area (Å²) in [5.41, 5.74) is 3.28. The lowest BCUT2D eigenvalue weighted by Crippen LogP contribution is -2.19. The van der Waals surface area contributed by atoms with Crippen molar-refractivity contribution in [3.05, 3.63) is 58.6 Å². The second-order valence-electron chi connectivity index (χ2n) is 4.76. The molecule has 0 amide bonds. The Hall–Kier alpha value is -2.11. The second kappa shape index (κ2) is 7.24. The molecule has 0 aliphatic heterocycles. The van der Waals surface area contributed by atoms with Gasteiger partial charge < -0.3 is 15.7 Å². The summed E-state index contributed by atoms with van der Waals surface area (Å²) in [7, 11) is 0.